The number of carboxylic acid groups (broad SMARTS) is 1. The monoisotopic (exact) mass is 245 g/mol. The van der Waals surface area contributed by atoms with Crippen molar-refractivity contribution in [3.63, 3.8) is 0 Å². The Morgan fingerprint density at radius 2 is 2.33 bits per heavy atom. The van der Waals surface area contributed by atoms with Crippen LogP contribution in [0, 0.1) is 0 Å². The van der Waals surface area contributed by atoms with Gasteiger partial charge in [-0.2, -0.15) is 4.98 Å². The molecule has 0 spiro atoms. The Balaban J connectivity index is 2.19. The molecule has 0 aromatic carbocycles. The van der Waals surface area contributed by atoms with Crippen LogP contribution < -0.4 is 4.74 Å². The molecule has 6 nitrogen and oxygen atoms in total. The number of carboxylic acids is 1. The Morgan fingerprint density at radius 3 is 3.06 bits per heavy atom. The Kier molecular flexibility index (Phi) is 2.29. The van der Waals surface area contributed by atoms with Crippen LogP contribution in [-0.4, -0.2) is 32.7 Å². The van der Waals surface area contributed by atoms with Crippen LogP contribution in [0.4, 0.5) is 0 Å². The van der Waals surface area contributed by atoms with Crippen molar-refractivity contribution >= 4 is 5.97 Å². The minimum atomic E-state index is -0.909. The summed E-state index contributed by atoms with van der Waals surface area (Å²) in [6, 6.07) is 1.88. The number of hydrogen-bond acceptors (Lipinski definition) is 4. The zero-order valence-corrected chi connectivity index (χ0v) is 9.75. The highest BCUT2D eigenvalue weighted by atomic mass is 16.5. The highest BCUT2D eigenvalue weighted by Gasteiger charge is 2.23. The molecule has 6 heteroatoms. The second kappa shape index (κ2) is 3.83. The summed E-state index contributed by atoms with van der Waals surface area (Å²) in [4.78, 5) is 19.4. The Morgan fingerprint density at radius 1 is 1.50 bits per heavy atom. The molecule has 0 bridgehead atoms. The SMILES string of the molecule is COc1ncc2c(n1)-n1ccc(C(=O)O)c1CC2. The molecule has 0 fully saturated rings. The molecule has 0 aliphatic carbocycles. The molecule has 0 amide bonds. The maximum atomic E-state index is 11.1. The van der Waals surface area contributed by atoms with Gasteiger partial charge in [-0.15, -0.1) is 0 Å². The van der Waals surface area contributed by atoms with Crippen molar-refractivity contribution in [1.82, 2.24) is 14.5 Å². The van der Waals surface area contributed by atoms with E-state index in [1.165, 1.54) is 7.11 Å². The smallest absolute Gasteiger partial charge is 0.337 e. The Bertz CT molecular complexity index is 633. The fraction of sp³-hybridized carbons (Fsp3) is 0.250. The first kappa shape index (κ1) is 10.8. The van der Waals surface area contributed by atoms with E-state index in [-0.39, 0.29) is 6.01 Å². The fourth-order valence-electron chi connectivity index (χ4n) is 2.23. The van der Waals surface area contributed by atoms with Gasteiger partial charge in [0.05, 0.1) is 12.7 Å². The number of methoxy groups -OCH3 is 1. The van der Waals surface area contributed by atoms with Gasteiger partial charge in [-0.25, -0.2) is 9.78 Å². The predicted octanol–water partition coefficient (Wildman–Crippen LogP) is 1.07. The molecule has 3 heterocycles. The molecule has 0 radical (unpaired) electrons. The first-order chi connectivity index (χ1) is 8.70. The Hall–Kier alpha value is -2.37. The molecule has 0 atom stereocenters. The average molecular weight is 245 g/mol. The van der Waals surface area contributed by atoms with Gasteiger partial charge < -0.3 is 14.4 Å². The Labute approximate surface area is 103 Å². The van der Waals surface area contributed by atoms with Crippen LogP contribution in [0.3, 0.4) is 0 Å². The molecule has 0 unspecified atom stereocenters. The topological polar surface area (TPSA) is 77.2 Å². The molecule has 92 valence electrons. The number of aryl methyl sites for hydroxylation is 1. The van der Waals surface area contributed by atoms with Crippen molar-refractivity contribution in [3.8, 4) is 11.8 Å². The number of nitrogens with zero attached hydrogens (tertiary/aromatic N) is 3. The van der Waals surface area contributed by atoms with Gasteiger partial charge >= 0.3 is 12.0 Å². The maximum Gasteiger partial charge on any atom is 0.337 e. The van der Waals surface area contributed by atoms with E-state index in [1.54, 1.807) is 23.0 Å². The van der Waals surface area contributed by atoms with Gasteiger partial charge in [-0.1, -0.05) is 0 Å². The standard InChI is InChI=1S/C12H11N3O3/c1-18-12-13-6-7-2-3-9-8(11(16)17)4-5-15(9)10(7)14-12/h4-6H,2-3H2,1H3,(H,16,17). The second-order valence-corrected chi connectivity index (χ2v) is 4.06. The van der Waals surface area contributed by atoms with Crippen LogP contribution in [-0.2, 0) is 12.8 Å². The minimum Gasteiger partial charge on any atom is -0.478 e. The molecule has 0 saturated carbocycles. The van der Waals surface area contributed by atoms with E-state index in [9.17, 15) is 4.79 Å². The normalized spacial score (nSPS) is 12.7. The first-order valence-corrected chi connectivity index (χ1v) is 5.54. The van der Waals surface area contributed by atoms with Gasteiger partial charge in [0.1, 0.15) is 5.82 Å². The number of hydrogen-bond donors (Lipinski definition) is 1. The maximum absolute atomic E-state index is 11.1. The molecule has 0 saturated heterocycles. The number of aromatic nitrogens is 3. The highest BCUT2D eigenvalue weighted by molar-refractivity contribution is 5.89. The van der Waals surface area contributed by atoms with Gasteiger partial charge in [0.2, 0.25) is 0 Å². The third-order valence-electron chi connectivity index (χ3n) is 3.08. The van der Waals surface area contributed by atoms with Crippen molar-refractivity contribution in [3.05, 3.63) is 35.3 Å². The van der Waals surface area contributed by atoms with E-state index in [1.807, 2.05) is 0 Å². The van der Waals surface area contributed by atoms with E-state index in [2.05, 4.69) is 9.97 Å². The van der Waals surface area contributed by atoms with Crippen molar-refractivity contribution in [2.24, 2.45) is 0 Å². The van der Waals surface area contributed by atoms with E-state index in [0.717, 1.165) is 17.7 Å². The van der Waals surface area contributed by atoms with Crippen LogP contribution in [0.15, 0.2) is 18.5 Å². The van der Waals surface area contributed by atoms with Crippen LogP contribution in [0.1, 0.15) is 21.6 Å². The third-order valence-corrected chi connectivity index (χ3v) is 3.08. The summed E-state index contributed by atoms with van der Waals surface area (Å²) in [7, 11) is 1.50. The quantitative estimate of drug-likeness (QED) is 0.856. The first-order valence-electron chi connectivity index (χ1n) is 5.54. The van der Waals surface area contributed by atoms with Crippen molar-refractivity contribution < 1.29 is 14.6 Å². The van der Waals surface area contributed by atoms with Gasteiger partial charge in [-0.3, -0.25) is 0 Å². The van der Waals surface area contributed by atoms with Crippen LogP contribution >= 0.6 is 0 Å². The molecule has 2 aromatic rings. The predicted molar refractivity (Wildman–Crippen MR) is 62.3 cm³/mol. The van der Waals surface area contributed by atoms with Gasteiger partial charge in [0.15, 0.2) is 0 Å². The summed E-state index contributed by atoms with van der Waals surface area (Å²) in [5, 5.41) is 9.11. The third kappa shape index (κ3) is 1.46. The van der Waals surface area contributed by atoms with E-state index < -0.39 is 5.97 Å². The summed E-state index contributed by atoms with van der Waals surface area (Å²) in [6.45, 7) is 0. The average Bonchev–Trinajstić information content (AvgIpc) is 2.82. The molecular weight excluding hydrogens is 234 g/mol. The lowest BCUT2D eigenvalue weighted by molar-refractivity contribution is 0.0695. The van der Waals surface area contributed by atoms with Crippen molar-refractivity contribution in [1.29, 1.82) is 0 Å². The van der Waals surface area contributed by atoms with Crippen molar-refractivity contribution in [2.45, 2.75) is 12.8 Å². The van der Waals surface area contributed by atoms with Gasteiger partial charge in [0.25, 0.3) is 0 Å². The van der Waals surface area contributed by atoms with Crippen molar-refractivity contribution in [2.75, 3.05) is 7.11 Å². The number of fused-ring (bicyclic) bond motifs is 3. The number of ether oxygens (including phenoxy) is 1. The molecule has 1 aliphatic rings. The highest BCUT2D eigenvalue weighted by Crippen LogP contribution is 2.26. The second-order valence-electron chi connectivity index (χ2n) is 4.06. The molecule has 18 heavy (non-hydrogen) atoms. The number of rotatable bonds is 2. The van der Waals surface area contributed by atoms with E-state index in [0.29, 0.717) is 17.8 Å². The van der Waals surface area contributed by atoms with Gasteiger partial charge in [0, 0.05) is 23.7 Å². The lowest BCUT2D eigenvalue weighted by Gasteiger charge is -2.18. The molecule has 2 aromatic heterocycles. The van der Waals surface area contributed by atoms with Crippen LogP contribution in [0.2, 0.25) is 0 Å². The van der Waals surface area contributed by atoms with E-state index in [4.69, 9.17) is 9.84 Å². The van der Waals surface area contributed by atoms with E-state index >= 15 is 0 Å². The summed E-state index contributed by atoms with van der Waals surface area (Å²) in [6.07, 6.45) is 4.87. The molecule has 1 N–H and O–H groups in total. The van der Waals surface area contributed by atoms with Gasteiger partial charge in [-0.05, 0) is 18.9 Å². The largest absolute Gasteiger partial charge is 0.478 e. The summed E-state index contributed by atoms with van der Waals surface area (Å²) < 4.78 is 6.80. The number of aromatic carboxylic acids is 1. The summed E-state index contributed by atoms with van der Waals surface area (Å²) >= 11 is 0. The lowest BCUT2D eigenvalue weighted by Crippen LogP contribution is -2.16. The molecular formula is C12H11N3O3. The zero-order valence-electron chi connectivity index (χ0n) is 9.75. The fourth-order valence-corrected chi connectivity index (χ4v) is 2.23. The summed E-state index contributed by atoms with van der Waals surface area (Å²) in [5.41, 5.74) is 2.10. The summed E-state index contributed by atoms with van der Waals surface area (Å²) in [5.74, 6) is -0.205. The van der Waals surface area contributed by atoms with Crippen LogP contribution in [0.25, 0.3) is 5.82 Å². The molecule has 3 rings (SSSR count). The number of carbonyl (C=O) groups is 1. The zero-order chi connectivity index (χ0) is 12.7. The molecule has 1 aliphatic heterocycles. The lowest BCUT2D eigenvalue weighted by atomic mass is 10.0. The minimum absolute atomic E-state index is 0.284. The van der Waals surface area contributed by atoms with Crippen LogP contribution in [0.5, 0.6) is 6.01 Å².